The van der Waals surface area contributed by atoms with Crippen molar-refractivity contribution in [2.75, 3.05) is 6.54 Å². The molecule has 1 fully saturated rings. The Balaban J connectivity index is 1.78. The van der Waals surface area contributed by atoms with Crippen LogP contribution in [0.1, 0.15) is 42.6 Å². The van der Waals surface area contributed by atoms with E-state index < -0.39 is 5.97 Å². The van der Waals surface area contributed by atoms with Gasteiger partial charge in [-0.25, -0.2) is 4.68 Å². The molecule has 1 aromatic heterocycles. The number of aliphatic carboxylic acids is 1. The third kappa shape index (κ3) is 3.99. The number of nitrogens with zero attached hydrogens (tertiary/aromatic N) is 4. The van der Waals surface area contributed by atoms with Gasteiger partial charge in [-0.3, -0.25) is 9.59 Å². The summed E-state index contributed by atoms with van der Waals surface area (Å²) in [4.78, 5) is 25.4. The molecular formula is C17H19ClN4O3. The first-order valence-corrected chi connectivity index (χ1v) is 8.64. The zero-order chi connectivity index (χ0) is 17.8. The van der Waals surface area contributed by atoms with E-state index in [2.05, 4.69) is 10.3 Å². The van der Waals surface area contributed by atoms with Crippen LogP contribution in [-0.2, 0) is 4.79 Å². The maximum atomic E-state index is 12.8. The van der Waals surface area contributed by atoms with Crippen LogP contribution in [0.25, 0.3) is 5.69 Å². The summed E-state index contributed by atoms with van der Waals surface area (Å²) in [5.41, 5.74) is 0.888. The van der Waals surface area contributed by atoms with E-state index in [0.29, 0.717) is 23.7 Å². The Bertz CT molecular complexity index is 777. The number of amides is 1. The Labute approximate surface area is 150 Å². The monoisotopic (exact) mass is 362 g/mol. The highest BCUT2D eigenvalue weighted by molar-refractivity contribution is 6.32. The molecule has 0 bridgehead atoms. The van der Waals surface area contributed by atoms with E-state index in [1.165, 1.54) is 4.68 Å². The average molecular weight is 363 g/mol. The lowest BCUT2D eigenvalue weighted by atomic mass is 9.97. The first kappa shape index (κ1) is 17.4. The van der Waals surface area contributed by atoms with Gasteiger partial charge >= 0.3 is 5.97 Å². The molecule has 2 aromatic rings. The summed E-state index contributed by atoms with van der Waals surface area (Å²) in [6, 6.07) is 7.11. The Kier molecular flexibility index (Phi) is 5.33. The highest BCUT2D eigenvalue weighted by Crippen LogP contribution is 2.23. The maximum absolute atomic E-state index is 12.8. The fraction of sp³-hybridized carbons (Fsp3) is 0.412. The number of hydrogen-bond acceptors (Lipinski definition) is 4. The summed E-state index contributed by atoms with van der Waals surface area (Å²) in [6.07, 6.45) is 4.80. The molecule has 0 spiro atoms. The van der Waals surface area contributed by atoms with Gasteiger partial charge in [0.25, 0.3) is 5.91 Å². The van der Waals surface area contributed by atoms with Gasteiger partial charge in [0.15, 0.2) is 5.69 Å². The topological polar surface area (TPSA) is 88.3 Å². The van der Waals surface area contributed by atoms with Crippen LogP contribution in [0.3, 0.4) is 0 Å². The number of carbonyl (C=O) groups excluding carboxylic acids is 1. The molecule has 3 rings (SSSR count). The van der Waals surface area contributed by atoms with Crippen LogP contribution in [0.15, 0.2) is 30.5 Å². The summed E-state index contributed by atoms with van der Waals surface area (Å²) in [6.45, 7) is 0.613. The minimum absolute atomic E-state index is 0.0563. The number of carbonyl (C=O) groups is 2. The molecule has 1 N–H and O–H groups in total. The number of likely N-dealkylation sites (tertiary alicyclic amines) is 1. The van der Waals surface area contributed by atoms with Crippen LogP contribution in [0.2, 0.25) is 5.02 Å². The van der Waals surface area contributed by atoms with Crippen molar-refractivity contribution >= 4 is 23.5 Å². The van der Waals surface area contributed by atoms with Crippen molar-refractivity contribution < 1.29 is 14.7 Å². The summed E-state index contributed by atoms with van der Waals surface area (Å²) in [7, 11) is 0. The van der Waals surface area contributed by atoms with Crippen LogP contribution in [-0.4, -0.2) is 49.5 Å². The van der Waals surface area contributed by atoms with Crippen molar-refractivity contribution in [3.8, 4) is 5.69 Å². The fourth-order valence-corrected chi connectivity index (χ4v) is 3.34. The van der Waals surface area contributed by atoms with E-state index in [4.69, 9.17) is 16.7 Å². The van der Waals surface area contributed by atoms with Gasteiger partial charge in [0.05, 0.1) is 16.9 Å². The third-order valence-corrected chi connectivity index (χ3v) is 4.71. The van der Waals surface area contributed by atoms with Gasteiger partial charge in [0, 0.05) is 19.0 Å². The largest absolute Gasteiger partial charge is 0.481 e. The molecule has 0 unspecified atom stereocenters. The van der Waals surface area contributed by atoms with E-state index in [1.54, 1.807) is 23.2 Å². The third-order valence-electron chi connectivity index (χ3n) is 4.39. The van der Waals surface area contributed by atoms with Gasteiger partial charge in [-0.2, -0.15) is 0 Å². The lowest BCUT2D eigenvalue weighted by Gasteiger charge is -2.35. The zero-order valence-electron chi connectivity index (χ0n) is 13.6. The summed E-state index contributed by atoms with van der Waals surface area (Å²) >= 11 is 6.15. The first-order valence-electron chi connectivity index (χ1n) is 8.26. The molecule has 1 saturated heterocycles. The Hall–Kier alpha value is -2.41. The SMILES string of the molecule is O=C(O)CC[C@H]1CCCCN1C(=O)c1cn(-c2ccccc2Cl)nn1. The van der Waals surface area contributed by atoms with Crippen LogP contribution >= 0.6 is 11.6 Å². The normalized spacial score (nSPS) is 17.5. The number of carboxylic acid groups (broad SMARTS) is 1. The molecule has 0 saturated carbocycles. The molecule has 1 aromatic carbocycles. The number of halogens is 1. The second-order valence-corrected chi connectivity index (χ2v) is 6.49. The van der Waals surface area contributed by atoms with E-state index in [1.807, 2.05) is 12.1 Å². The summed E-state index contributed by atoms with van der Waals surface area (Å²) in [5, 5.41) is 17.4. The highest BCUT2D eigenvalue weighted by atomic mass is 35.5. The van der Waals surface area contributed by atoms with Gasteiger partial charge in [-0.05, 0) is 37.8 Å². The van der Waals surface area contributed by atoms with Gasteiger partial charge in [-0.15, -0.1) is 5.10 Å². The van der Waals surface area contributed by atoms with E-state index >= 15 is 0 Å². The van der Waals surface area contributed by atoms with Crippen molar-refractivity contribution in [2.24, 2.45) is 0 Å². The Morgan fingerprint density at radius 2 is 2.08 bits per heavy atom. The average Bonchev–Trinajstić information content (AvgIpc) is 3.10. The van der Waals surface area contributed by atoms with Crippen LogP contribution < -0.4 is 0 Å². The molecule has 1 aliphatic rings. The van der Waals surface area contributed by atoms with Crippen LogP contribution in [0.5, 0.6) is 0 Å². The fourth-order valence-electron chi connectivity index (χ4n) is 3.12. The molecule has 0 radical (unpaired) electrons. The van der Waals surface area contributed by atoms with Gasteiger partial charge in [0.2, 0.25) is 0 Å². The number of para-hydroxylation sites is 1. The number of benzene rings is 1. The molecule has 8 heteroatoms. The van der Waals surface area contributed by atoms with Crippen molar-refractivity contribution in [2.45, 2.75) is 38.1 Å². The second-order valence-electron chi connectivity index (χ2n) is 6.08. The molecule has 1 amide bonds. The Morgan fingerprint density at radius 3 is 2.84 bits per heavy atom. The minimum atomic E-state index is -0.845. The molecule has 0 aliphatic carbocycles. The first-order chi connectivity index (χ1) is 12.1. The molecule has 2 heterocycles. The van der Waals surface area contributed by atoms with Gasteiger partial charge in [0.1, 0.15) is 0 Å². The molecule has 132 valence electrons. The number of carboxylic acids is 1. The highest BCUT2D eigenvalue weighted by Gasteiger charge is 2.29. The van der Waals surface area contributed by atoms with Crippen molar-refractivity contribution in [3.63, 3.8) is 0 Å². The quantitative estimate of drug-likeness (QED) is 0.883. The lowest BCUT2D eigenvalue weighted by Crippen LogP contribution is -2.44. The maximum Gasteiger partial charge on any atom is 0.303 e. The predicted octanol–water partition coefficient (Wildman–Crippen LogP) is 2.78. The van der Waals surface area contributed by atoms with Gasteiger partial charge < -0.3 is 10.0 Å². The van der Waals surface area contributed by atoms with Crippen molar-refractivity contribution in [1.29, 1.82) is 0 Å². The minimum Gasteiger partial charge on any atom is -0.481 e. The summed E-state index contributed by atoms with van der Waals surface area (Å²) < 4.78 is 1.48. The smallest absolute Gasteiger partial charge is 0.303 e. The van der Waals surface area contributed by atoms with Crippen molar-refractivity contribution in [3.05, 3.63) is 41.2 Å². The summed E-state index contributed by atoms with van der Waals surface area (Å²) in [5.74, 6) is -1.06. The van der Waals surface area contributed by atoms with Crippen LogP contribution in [0, 0.1) is 0 Å². The molecular weight excluding hydrogens is 344 g/mol. The molecule has 1 aliphatic heterocycles. The standard InChI is InChI=1S/C17H19ClN4O3/c18-13-6-1-2-7-15(13)22-11-14(19-20-22)17(25)21-10-4-3-5-12(21)8-9-16(23)24/h1-2,6-7,11-12H,3-5,8-10H2,(H,23,24)/t12-/m1/s1. The van der Waals surface area contributed by atoms with Crippen molar-refractivity contribution in [1.82, 2.24) is 19.9 Å². The number of rotatable bonds is 5. The predicted molar refractivity (Wildman–Crippen MR) is 91.9 cm³/mol. The molecule has 1 atom stereocenters. The van der Waals surface area contributed by atoms with E-state index in [9.17, 15) is 9.59 Å². The van der Waals surface area contributed by atoms with Gasteiger partial charge in [-0.1, -0.05) is 28.9 Å². The zero-order valence-corrected chi connectivity index (χ0v) is 14.4. The Morgan fingerprint density at radius 1 is 1.28 bits per heavy atom. The second kappa shape index (κ2) is 7.65. The lowest BCUT2D eigenvalue weighted by molar-refractivity contribution is -0.137. The molecule has 7 nitrogen and oxygen atoms in total. The van der Waals surface area contributed by atoms with E-state index in [0.717, 1.165) is 19.3 Å². The number of piperidine rings is 1. The number of hydrogen-bond donors (Lipinski definition) is 1. The molecule has 25 heavy (non-hydrogen) atoms. The van der Waals surface area contributed by atoms with E-state index in [-0.39, 0.29) is 24.1 Å². The van der Waals surface area contributed by atoms with Crippen LogP contribution in [0.4, 0.5) is 0 Å². The number of aromatic nitrogens is 3.